The van der Waals surface area contributed by atoms with Crippen LogP contribution in [0.25, 0.3) is 22.0 Å². The van der Waals surface area contributed by atoms with Gasteiger partial charge >= 0.3 is 0 Å². The van der Waals surface area contributed by atoms with Gasteiger partial charge in [-0.1, -0.05) is 12.1 Å². The van der Waals surface area contributed by atoms with Crippen molar-refractivity contribution >= 4 is 26.8 Å². The van der Waals surface area contributed by atoms with Crippen LogP contribution in [-0.2, 0) is 27.7 Å². The first-order valence-corrected chi connectivity index (χ1v) is 17.2. The molecule has 1 saturated heterocycles. The number of aromatic nitrogens is 3. The molecule has 6 rings (SSSR count). The first-order valence-electron chi connectivity index (χ1n) is 15.8. The van der Waals surface area contributed by atoms with E-state index in [-0.39, 0.29) is 12.1 Å². The number of ether oxygens (including phenoxy) is 1. The van der Waals surface area contributed by atoms with Crippen LogP contribution >= 0.6 is 0 Å². The van der Waals surface area contributed by atoms with E-state index in [1.54, 1.807) is 24.5 Å². The Morgan fingerprint density at radius 2 is 1.87 bits per heavy atom. The molecule has 1 aliphatic heterocycles. The summed E-state index contributed by atoms with van der Waals surface area (Å²) in [5.74, 6) is -0.396. The van der Waals surface area contributed by atoms with Crippen molar-refractivity contribution in [3.63, 3.8) is 0 Å². The molecule has 0 unspecified atom stereocenters. The van der Waals surface area contributed by atoms with Crippen molar-refractivity contribution in [2.24, 2.45) is 0 Å². The highest BCUT2D eigenvalue weighted by molar-refractivity contribution is 7.91. The smallest absolute Gasteiger partial charge is 0.253 e. The zero-order valence-electron chi connectivity index (χ0n) is 26.7. The summed E-state index contributed by atoms with van der Waals surface area (Å²) in [6, 6.07) is 9.44. The molecule has 0 atom stereocenters. The summed E-state index contributed by atoms with van der Waals surface area (Å²) < 4.78 is 34.1. The molecule has 1 aliphatic carbocycles. The fourth-order valence-electron chi connectivity index (χ4n) is 6.45. The van der Waals surface area contributed by atoms with Crippen molar-refractivity contribution in [3.8, 4) is 11.1 Å². The van der Waals surface area contributed by atoms with Gasteiger partial charge in [-0.25, -0.2) is 12.4 Å². The van der Waals surface area contributed by atoms with Crippen LogP contribution in [-0.4, -0.2) is 70.8 Å². The van der Waals surface area contributed by atoms with Gasteiger partial charge in [-0.15, -0.1) is 6.58 Å². The Kier molecular flexibility index (Phi) is 8.75. The zero-order valence-corrected chi connectivity index (χ0v) is 27.5. The van der Waals surface area contributed by atoms with E-state index in [2.05, 4.69) is 21.8 Å². The molecule has 10 nitrogen and oxygen atoms in total. The molecule has 4 heterocycles. The number of carbonyl (C=O) groups is 1. The maximum absolute atomic E-state index is 14.1. The molecule has 11 heteroatoms. The van der Waals surface area contributed by atoms with Gasteiger partial charge in [-0.3, -0.25) is 19.5 Å². The van der Waals surface area contributed by atoms with E-state index in [9.17, 15) is 18.0 Å². The molecule has 1 aromatic carbocycles. The van der Waals surface area contributed by atoms with Gasteiger partial charge in [0.05, 0.1) is 23.5 Å². The third kappa shape index (κ3) is 6.06. The number of morpholine rings is 1. The lowest BCUT2D eigenvalue weighted by molar-refractivity contribution is 0.0383. The molecule has 2 fully saturated rings. The first-order chi connectivity index (χ1) is 22.0. The van der Waals surface area contributed by atoms with Crippen molar-refractivity contribution in [2.45, 2.75) is 57.7 Å². The van der Waals surface area contributed by atoms with E-state index in [4.69, 9.17) is 9.72 Å². The molecule has 1 amide bonds. The number of rotatable bonds is 11. The predicted molar refractivity (Wildman–Crippen MR) is 180 cm³/mol. The molecule has 0 radical (unpaired) electrons. The van der Waals surface area contributed by atoms with E-state index < -0.39 is 20.7 Å². The first kappa shape index (κ1) is 31.9. The van der Waals surface area contributed by atoms with Crippen LogP contribution in [0.2, 0.25) is 0 Å². The summed E-state index contributed by atoms with van der Waals surface area (Å²) in [6.45, 7) is 13.5. The second-order valence-corrected chi connectivity index (χ2v) is 14.8. The van der Waals surface area contributed by atoms with Gasteiger partial charge in [0.25, 0.3) is 11.5 Å². The number of hydrogen-bond acceptors (Lipinski definition) is 7. The van der Waals surface area contributed by atoms with Crippen LogP contribution in [0.5, 0.6) is 0 Å². The van der Waals surface area contributed by atoms with Gasteiger partial charge in [-0.05, 0) is 81.0 Å². The Hall–Kier alpha value is -4.06. The largest absolute Gasteiger partial charge is 0.379 e. The van der Waals surface area contributed by atoms with E-state index in [1.807, 2.05) is 45.0 Å². The van der Waals surface area contributed by atoms with E-state index in [0.29, 0.717) is 52.4 Å². The number of benzene rings is 1. The molecule has 0 spiro atoms. The summed E-state index contributed by atoms with van der Waals surface area (Å²) in [7, 11) is -3.79. The number of nitrogens with one attached hydrogen (secondary N) is 2. The number of allylic oxidation sites excluding steroid dienone is 1. The summed E-state index contributed by atoms with van der Waals surface area (Å²) in [6.07, 6.45) is 7.35. The molecule has 0 bridgehead atoms. The average molecular weight is 644 g/mol. The molecule has 242 valence electrons. The summed E-state index contributed by atoms with van der Waals surface area (Å²) in [5, 5.41) is 3.48. The third-order valence-corrected chi connectivity index (χ3v) is 11.8. The van der Waals surface area contributed by atoms with Crippen LogP contribution < -0.4 is 10.9 Å². The van der Waals surface area contributed by atoms with Gasteiger partial charge < -0.3 is 15.0 Å². The van der Waals surface area contributed by atoms with Crippen LogP contribution in [0.15, 0.2) is 60.2 Å². The molecular weight excluding hydrogens is 602 g/mol. The van der Waals surface area contributed by atoms with Crippen LogP contribution in [0, 0.1) is 20.8 Å². The normalized spacial score (nSPS) is 16.4. The van der Waals surface area contributed by atoms with Crippen molar-refractivity contribution in [2.75, 3.05) is 32.8 Å². The lowest BCUT2D eigenvalue weighted by Crippen LogP contribution is -2.37. The Labute approximate surface area is 269 Å². The van der Waals surface area contributed by atoms with Crippen molar-refractivity contribution in [1.82, 2.24) is 24.2 Å². The van der Waals surface area contributed by atoms with Gasteiger partial charge in [-0.2, -0.15) is 0 Å². The Bertz CT molecular complexity index is 1970. The van der Waals surface area contributed by atoms with Crippen LogP contribution in [0.1, 0.15) is 57.7 Å². The SMILES string of the molecule is C=CCC1(S(=O)(=O)n2cc(C)c3c(C(=O)NCc4c(C)cc(C)[nH]c4=O)cc(-c4ccc(CCN5CCOCC5)nc4)cc32)CC1. The summed E-state index contributed by atoms with van der Waals surface area (Å²) >= 11 is 0. The van der Waals surface area contributed by atoms with Gasteiger partial charge in [0.2, 0.25) is 10.0 Å². The monoisotopic (exact) mass is 643 g/mol. The van der Waals surface area contributed by atoms with Crippen LogP contribution in [0.4, 0.5) is 0 Å². The number of nitrogens with zero attached hydrogens (tertiary/aromatic N) is 3. The average Bonchev–Trinajstić information content (AvgIpc) is 3.76. The van der Waals surface area contributed by atoms with Gasteiger partial charge in [0.15, 0.2) is 0 Å². The third-order valence-electron chi connectivity index (χ3n) is 9.30. The minimum atomic E-state index is -3.79. The maximum Gasteiger partial charge on any atom is 0.253 e. The molecule has 46 heavy (non-hydrogen) atoms. The molecule has 3 aromatic heterocycles. The highest BCUT2D eigenvalue weighted by Gasteiger charge is 2.54. The topological polar surface area (TPSA) is 126 Å². The van der Waals surface area contributed by atoms with E-state index in [0.717, 1.165) is 61.8 Å². The molecule has 2 N–H and O–H groups in total. The number of carbonyl (C=O) groups excluding carboxylic acids is 1. The second-order valence-electron chi connectivity index (χ2n) is 12.6. The highest BCUT2D eigenvalue weighted by atomic mass is 32.2. The summed E-state index contributed by atoms with van der Waals surface area (Å²) in [5.41, 5.74) is 5.61. The lowest BCUT2D eigenvalue weighted by atomic mass is 9.98. The Morgan fingerprint density at radius 1 is 1.11 bits per heavy atom. The molecule has 2 aliphatic rings. The minimum absolute atomic E-state index is 0.0336. The number of aryl methyl sites for hydroxylation is 3. The number of aromatic amines is 1. The van der Waals surface area contributed by atoms with Crippen molar-refractivity contribution in [3.05, 3.63) is 99.4 Å². The molecule has 4 aromatic rings. The van der Waals surface area contributed by atoms with Crippen LogP contribution in [0.3, 0.4) is 0 Å². The lowest BCUT2D eigenvalue weighted by Gasteiger charge is -2.26. The van der Waals surface area contributed by atoms with Gasteiger partial charge in [0, 0.05) is 78.5 Å². The maximum atomic E-state index is 14.1. The number of fused-ring (bicyclic) bond motifs is 1. The quantitative estimate of drug-likeness (QED) is 0.232. The number of amides is 1. The van der Waals surface area contributed by atoms with Crippen molar-refractivity contribution < 1.29 is 17.9 Å². The standard InChI is InChI=1S/C35H41N5O5S/c1-5-9-35(10-11-35)46(43,44)40-22-24(3)32-29(33(41)37-21-30-23(2)17-25(4)38-34(30)42)18-27(19-31(32)40)26-6-7-28(36-20-26)8-12-39-13-15-45-16-14-39/h5-7,17-20,22H,1,8-16,21H2,2-4H3,(H,37,41)(H,38,42). The zero-order chi connectivity index (χ0) is 32.6. The van der Waals surface area contributed by atoms with Gasteiger partial charge in [0.1, 0.15) is 0 Å². The Morgan fingerprint density at radius 3 is 2.52 bits per heavy atom. The fraction of sp³-hybridized carbons (Fsp3) is 0.400. The van der Waals surface area contributed by atoms with E-state index >= 15 is 0 Å². The van der Waals surface area contributed by atoms with Crippen molar-refractivity contribution in [1.29, 1.82) is 0 Å². The number of H-pyrrole nitrogens is 1. The number of hydrogen-bond donors (Lipinski definition) is 2. The molecule has 1 saturated carbocycles. The predicted octanol–water partition coefficient (Wildman–Crippen LogP) is 4.41. The Balaban J connectivity index is 1.38. The summed E-state index contributed by atoms with van der Waals surface area (Å²) in [4.78, 5) is 36.4. The molecular formula is C35H41N5O5S. The number of pyridine rings is 2. The van der Waals surface area contributed by atoms with E-state index in [1.165, 1.54) is 3.97 Å². The fourth-order valence-corrected chi connectivity index (χ4v) is 8.52. The highest BCUT2D eigenvalue weighted by Crippen LogP contribution is 2.49. The second kappa shape index (κ2) is 12.6. The minimum Gasteiger partial charge on any atom is -0.379 e.